The number of pyridine rings is 1. The van der Waals surface area contributed by atoms with Crippen molar-refractivity contribution in [2.75, 3.05) is 7.11 Å². The summed E-state index contributed by atoms with van der Waals surface area (Å²) in [6.45, 7) is 4.21. The molecule has 0 saturated carbocycles. The highest BCUT2D eigenvalue weighted by Crippen LogP contribution is 2.35. The number of aromatic nitrogens is 3. The van der Waals surface area contributed by atoms with E-state index in [1.165, 1.54) is 5.69 Å². The first-order valence-corrected chi connectivity index (χ1v) is 8.60. The first kappa shape index (κ1) is 14.9. The summed E-state index contributed by atoms with van der Waals surface area (Å²) in [5.74, 6) is 0.804. The van der Waals surface area contributed by atoms with Crippen LogP contribution in [0.1, 0.15) is 11.4 Å². The molecule has 0 saturated heterocycles. The van der Waals surface area contributed by atoms with E-state index in [0.29, 0.717) is 0 Å². The Labute approximate surface area is 144 Å². The average Bonchev–Trinajstić information content (AvgIpc) is 3.15. The molecule has 0 amide bonds. The van der Waals surface area contributed by atoms with Crippen LogP contribution in [0.2, 0.25) is 0 Å². The number of benzene rings is 1. The normalized spacial score (nSPS) is 11.1. The van der Waals surface area contributed by atoms with Gasteiger partial charge in [0, 0.05) is 34.1 Å². The van der Waals surface area contributed by atoms with E-state index in [0.717, 1.165) is 38.9 Å². The van der Waals surface area contributed by atoms with Gasteiger partial charge in [-0.3, -0.25) is 9.38 Å². The fraction of sp³-hybridized carbons (Fsp3) is 0.158. The molecule has 4 aromatic rings. The molecule has 120 valence electrons. The molecule has 5 heteroatoms. The second kappa shape index (κ2) is 5.76. The third-order valence-corrected chi connectivity index (χ3v) is 5.12. The van der Waals surface area contributed by atoms with Gasteiger partial charge < -0.3 is 4.74 Å². The minimum absolute atomic E-state index is 0.804. The van der Waals surface area contributed by atoms with Crippen molar-refractivity contribution in [2.24, 2.45) is 0 Å². The summed E-state index contributed by atoms with van der Waals surface area (Å²) < 4.78 is 7.80. The van der Waals surface area contributed by atoms with E-state index < -0.39 is 0 Å². The van der Waals surface area contributed by atoms with Crippen molar-refractivity contribution < 1.29 is 4.74 Å². The Morgan fingerprint density at radius 3 is 2.71 bits per heavy atom. The van der Waals surface area contributed by atoms with Crippen LogP contribution in [0.3, 0.4) is 0 Å². The Balaban J connectivity index is 1.86. The summed E-state index contributed by atoms with van der Waals surface area (Å²) in [6.07, 6.45) is 1.79. The van der Waals surface area contributed by atoms with Crippen LogP contribution < -0.4 is 4.74 Å². The molecule has 24 heavy (non-hydrogen) atoms. The van der Waals surface area contributed by atoms with Gasteiger partial charge in [0.1, 0.15) is 5.75 Å². The molecule has 4 nitrogen and oxygen atoms in total. The lowest BCUT2D eigenvalue weighted by molar-refractivity contribution is 0.416. The van der Waals surface area contributed by atoms with Crippen molar-refractivity contribution in [3.63, 3.8) is 0 Å². The molecule has 0 aliphatic rings. The van der Waals surface area contributed by atoms with Crippen molar-refractivity contribution in [1.82, 2.24) is 14.4 Å². The van der Waals surface area contributed by atoms with Crippen molar-refractivity contribution in [1.29, 1.82) is 0 Å². The van der Waals surface area contributed by atoms with Crippen LogP contribution in [0, 0.1) is 13.8 Å². The van der Waals surface area contributed by atoms with Crippen LogP contribution in [0.5, 0.6) is 5.75 Å². The fourth-order valence-corrected chi connectivity index (χ4v) is 3.92. The molecule has 0 atom stereocenters. The fourth-order valence-electron chi connectivity index (χ4n) is 3.01. The highest BCUT2D eigenvalue weighted by Gasteiger charge is 2.15. The molecule has 3 aromatic heterocycles. The Bertz CT molecular complexity index is 1020. The third-order valence-electron chi connectivity index (χ3n) is 4.18. The summed E-state index contributed by atoms with van der Waals surface area (Å²) in [4.78, 5) is 10.2. The molecule has 4 rings (SSSR count). The van der Waals surface area contributed by atoms with Crippen LogP contribution in [0.25, 0.3) is 27.5 Å². The van der Waals surface area contributed by atoms with E-state index in [-0.39, 0.29) is 0 Å². The van der Waals surface area contributed by atoms with E-state index >= 15 is 0 Å². The molecule has 1 aromatic carbocycles. The summed E-state index contributed by atoms with van der Waals surface area (Å²) in [6, 6.07) is 12.1. The van der Waals surface area contributed by atoms with Crippen LogP contribution in [0.15, 0.2) is 48.0 Å². The van der Waals surface area contributed by atoms with Crippen molar-refractivity contribution >= 4 is 16.3 Å². The number of imidazole rings is 1. The van der Waals surface area contributed by atoms with Crippen LogP contribution >= 0.6 is 11.3 Å². The largest absolute Gasteiger partial charge is 0.496 e. The summed E-state index contributed by atoms with van der Waals surface area (Å²) in [5.41, 5.74) is 6.30. The first-order chi connectivity index (χ1) is 11.7. The van der Waals surface area contributed by atoms with Crippen LogP contribution in [0.4, 0.5) is 0 Å². The topological polar surface area (TPSA) is 39.4 Å². The molecule has 3 heterocycles. The number of hydrogen-bond donors (Lipinski definition) is 0. The smallest absolute Gasteiger partial charge is 0.194 e. The monoisotopic (exact) mass is 335 g/mol. The molecule has 0 aliphatic heterocycles. The van der Waals surface area contributed by atoms with E-state index in [1.807, 2.05) is 24.3 Å². The van der Waals surface area contributed by atoms with E-state index in [9.17, 15) is 0 Å². The number of ether oxygens (including phenoxy) is 1. The number of rotatable bonds is 3. The second-order valence-electron chi connectivity index (χ2n) is 5.67. The highest BCUT2D eigenvalue weighted by atomic mass is 32.1. The summed E-state index contributed by atoms with van der Waals surface area (Å²) >= 11 is 1.66. The lowest BCUT2D eigenvalue weighted by Gasteiger charge is -2.10. The molecule has 0 fully saturated rings. The SMILES string of the molecule is COc1cc(-c2nc3scc(C)n3c2C)ccc1-c1ccccn1. The molecule has 0 aliphatic carbocycles. The standard InChI is InChI=1S/C19H17N3OS/c1-12-11-24-19-21-18(13(2)22(12)19)14-7-8-15(17(10-14)23-3)16-6-4-5-9-20-16/h4-11H,1-3H3. The number of methoxy groups -OCH3 is 1. The van der Waals surface area contributed by atoms with E-state index in [4.69, 9.17) is 9.72 Å². The van der Waals surface area contributed by atoms with Crippen LogP contribution in [-0.2, 0) is 0 Å². The van der Waals surface area contributed by atoms with Crippen LogP contribution in [-0.4, -0.2) is 21.5 Å². The van der Waals surface area contributed by atoms with Crippen molar-refractivity contribution in [3.05, 3.63) is 59.4 Å². The van der Waals surface area contributed by atoms with E-state index in [1.54, 1.807) is 24.6 Å². The molecular weight excluding hydrogens is 318 g/mol. The van der Waals surface area contributed by atoms with Gasteiger partial charge in [-0.15, -0.1) is 11.3 Å². The maximum Gasteiger partial charge on any atom is 0.194 e. The predicted molar refractivity (Wildman–Crippen MR) is 97.8 cm³/mol. The average molecular weight is 335 g/mol. The van der Waals surface area contributed by atoms with Gasteiger partial charge in [-0.25, -0.2) is 4.98 Å². The van der Waals surface area contributed by atoms with E-state index in [2.05, 4.69) is 40.7 Å². The number of nitrogens with zero attached hydrogens (tertiary/aromatic N) is 3. The Morgan fingerprint density at radius 1 is 1.12 bits per heavy atom. The van der Waals surface area contributed by atoms with Gasteiger partial charge in [-0.05, 0) is 38.1 Å². The third kappa shape index (κ3) is 2.29. The molecule has 0 N–H and O–H groups in total. The number of thiazole rings is 1. The Hall–Kier alpha value is -2.66. The van der Waals surface area contributed by atoms with Gasteiger partial charge in [0.25, 0.3) is 0 Å². The Morgan fingerprint density at radius 2 is 2.00 bits per heavy atom. The van der Waals surface area contributed by atoms with Crippen molar-refractivity contribution in [3.8, 4) is 28.3 Å². The predicted octanol–water partition coefficient (Wildman–Crippen LogP) is 4.75. The minimum atomic E-state index is 0.804. The minimum Gasteiger partial charge on any atom is -0.496 e. The summed E-state index contributed by atoms with van der Waals surface area (Å²) in [7, 11) is 1.69. The summed E-state index contributed by atoms with van der Waals surface area (Å²) in [5, 5.41) is 2.13. The molecular formula is C19H17N3OS. The quantitative estimate of drug-likeness (QED) is 0.542. The zero-order valence-electron chi connectivity index (χ0n) is 13.8. The highest BCUT2D eigenvalue weighted by molar-refractivity contribution is 7.15. The maximum absolute atomic E-state index is 5.61. The number of hydrogen-bond acceptors (Lipinski definition) is 4. The van der Waals surface area contributed by atoms with Gasteiger partial charge in [0.05, 0.1) is 18.5 Å². The van der Waals surface area contributed by atoms with Gasteiger partial charge in [-0.2, -0.15) is 0 Å². The zero-order valence-corrected chi connectivity index (χ0v) is 14.6. The van der Waals surface area contributed by atoms with Crippen molar-refractivity contribution in [2.45, 2.75) is 13.8 Å². The maximum atomic E-state index is 5.61. The Kier molecular flexibility index (Phi) is 3.58. The number of fused-ring (bicyclic) bond motifs is 1. The lowest BCUT2D eigenvalue weighted by Crippen LogP contribution is -1.92. The van der Waals surface area contributed by atoms with Gasteiger partial charge in [0.15, 0.2) is 4.96 Å². The molecule has 0 unspecified atom stereocenters. The van der Waals surface area contributed by atoms with Gasteiger partial charge in [0.2, 0.25) is 0 Å². The molecule has 0 radical (unpaired) electrons. The first-order valence-electron chi connectivity index (χ1n) is 7.72. The van der Waals surface area contributed by atoms with Gasteiger partial charge in [-0.1, -0.05) is 12.1 Å². The lowest BCUT2D eigenvalue weighted by atomic mass is 10.0. The zero-order chi connectivity index (χ0) is 16.7. The van der Waals surface area contributed by atoms with Gasteiger partial charge >= 0.3 is 0 Å². The molecule has 0 bridgehead atoms. The second-order valence-corrected chi connectivity index (χ2v) is 6.51. The molecule has 0 spiro atoms. The number of aryl methyl sites for hydroxylation is 2.